The molecule has 1 saturated heterocycles. The number of aryl methyl sites for hydroxylation is 1. The summed E-state index contributed by atoms with van der Waals surface area (Å²) in [6.45, 7) is 3.71. The van der Waals surface area contributed by atoms with Crippen molar-refractivity contribution < 1.29 is 22.0 Å². The molecule has 1 aliphatic heterocycles. The highest BCUT2D eigenvalue weighted by molar-refractivity contribution is 7.89. The second-order valence-corrected chi connectivity index (χ2v) is 8.88. The van der Waals surface area contributed by atoms with E-state index >= 15 is 0 Å². The summed E-state index contributed by atoms with van der Waals surface area (Å²) < 4.78 is 55.2. The number of hydrogen-bond donors (Lipinski definition) is 1. The van der Waals surface area contributed by atoms with Crippen LogP contribution in [0.5, 0.6) is 0 Å². The molecule has 8 heteroatoms. The molecule has 0 aliphatic carbocycles. The first-order valence-corrected chi connectivity index (χ1v) is 10.5. The van der Waals surface area contributed by atoms with Gasteiger partial charge in [-0.05, 0) is 62.6 Å². The van der Waals surface area contributed by atoms with Crippen LogP contribution in [0.15, 0.2) is 41.3 Å². The third kappa shape index (κ3) is 4.07. The van der Waals surface area contributed by atoms with Crippen LogP contribution < -0.4 is 5.32 Å². The zero-order valence-electron chi connectivity index (χ0n) is 15.7. The van der Waals surface area contributed by atoms with Gasteiger partial charge in [-0.1, -0.05) is 12.5 Å². The van der Waals surface area contributed by atoms with Crippen LogP contribution in [-0.4, -0.2) is 31.2 Å². The van der Waals surface area contributed by atoms with Gasteiger partial charge in [0.15, 0.2) is 0 Å². The first-order chi connectivity index (χ1) is 13.2. The number of piperidine rings is 1. The molecule has 0 bridgehead atoms. The lowest BCUT2D eigenvalue weighted by molar-refractivity contribution is 0.102. The lowest BCUT2D eigenvalue weighted by atomic mass is 10.1. The van der Waals surface area contributed by atoms with E-state index in [4.69, 9.17) is 0 Å². The Kier molecular flexibility index (Phi) is 5.81. The van der Waals surface area contributed by atoms with Gasteiger partial charge in [-0.2, -0.15) is 4.31 Å². The van der Waals surface area contributed by atoms with E-state index in [0.717, 1.165) is 18.6 Å². The molecular weight excluding hydrogens is 386 g/mol. The first-order valence-electron chi connectivity index (χ1n) is 9.09. The predicted molar refractivity (Wildman–Crippen MR) is 103 cm³/mol. The number of sulfonamides is 1. The minimum Gasteiger partial charge on any atom is -0.322 e. The van der Waals surface area contributed by atoms with Crippen molar-refractivity contribution in [1.82, 2.24) is 4.31 Å². The molecule has 1 atom stereocenters. The Labute approximate surface area is 163 Å². The molecule has 0 radical (unpaired) electrons. The second-order valence-electron chi connectivity index (χ2n) is 7.02. The minimum atomic E-state index is -4.06. The zero-order chi connectivity index (χ0) is 20.5. The van der Waals surface area contributed by atoms with Crippen LogP contribution >= 0.6 is 0 Å². The van der Waals surface area contributed by atoms with Crippen molar-refractivity contribution in [3.63, 3.8) is 0 Å². The van der Waals surface area contributed by atoms with Crippen molar-refractivity contribution >= 4 is 21.6 Å². The molecule has 1 aliphatic rings. The number of anilines is 1. The van der Waals surface area contributed by atoms with Crippen LogP contribution in [0, 0.1) is 18.6 Å². The van der Waals surface area contributed by atoms with Gasteiger partial charge in [0.1, 0.15) is 16.5 Å². The molecule has 3 rings (SSSR count). The summed E-state index contributed by atoms with van der Waals surface area (Å²) >= 11 is 0. The average molecular weight is 408 g/mol. The van der Waals surface area contributed by atoms with Crippen LogP contribution in [0.2, 0.25) is 0 Å². The summed E-state index contributed by atoms with van der Waals surface area (Å²) in [7, 11) is -4.06. The van der Waals surface area contributed by atoms with Crippen molar-refractivity contribution in [2.75, 3.05) is 11.9 Å². The van der Waals surface area contributed by atoms with E-state index in [0.29, 0.717) is 24.9 Å². The summed E-state index contributed by atoms with van der Waals surface area (Å²) in [6.07, 6.45) is 2.34. The fraction of sp³-hybridized carbons (Fsp3) is 0.350. The lowest BCUT2D eigenvalue weighted by Crippen LogP contribution is -2.42. The molecule has 1 unspecified atom stereocenters. The van der Waals surface area contributed by atoms with Gasteiger partial charge in [0.2, 0.25) is 10.0 Å². The molecule has 150 valence electrons. The summed E-state index contributed by atoms with van der Waals surface area (Å²) in [4.78, 5) is 12.0. The standard InChI is InChI=1S/C20H22F2N2O3S/c1-13-6-8-16(12-18(13)22)23-20(25)15-7-9-17(21)19(11-15)28(26,27)24-10-4-3-5-14(24)2/h6-9,11-12,14H,3-5,10H2,1-2H3,(H,23,25). The van der Waals surface area contributed by atoms with E-state index in [9.17, 15) is 22.0 Å². The van der Waals surface area contributed by atoms with E-state index in [2.05, 4.69) is 5.32 Å². The maximum Gasteiger partial charge on any atom is 0.255 e. The number of amides is 1. The highest BCUT2D eigenvalue weighted by Gasteiger charge is 2.33. The van der Waals surface area contributed by atoms with Crippen LogP contribution in [0.3, 0.4) is 0 Å². The van der Waals surface area contributed by atoms with E-state index < -0.39 is 32.5 Å². The summed E-state index contributed by atoms with van der Waals surface area (Å²) in [5, 5.41) is 2.50. The van der Waals surface area contributed by atoms with Crippen molar-refractivity contribution in [3.05, 3.63) is 59.2 Å². The van der Waals surface area contributed by atoms with Crippen LogP contribution in [-0.2, 0) is 10.0 Å². The van der Waals surface area contributed by atoms with Crippen LogP contribution in [0.1, 0.15) is 42.1 Å². The zero-order valence-corrected chi connectivity index (χ0v) is 16.5. The largest absolute Gasteiger partial charge is 0.322 e. The van der Waals surface area contributed by atoms with Gasteiger partial charge >= 0.3 is 0 Å². The number of rotatable bonds is 4. The Bertz CT molecular complexity index is 1010. The molecule has 0 aromatic heterocycles. The highest BCUT2D eigenvalue weighted by atomic mass is 32.2. The quantitative estimate of drug-likeness (QED) is 0.829. The van der Waals surface area contributed by atoms with Crippen molar-refractivity contribution in [3.8, 4) is 0 Å². The maximum atomic E-state index is 14.3. The average Bonchev–Trinajstić information content (AvgIpc) is 2.65. The molecule has 28 heavy (non-hydrogen) atoms. The number of halogens is 2. The first kappa shape index (κ1) is 20.4. The maximum absolute atomic E-state index is 14.3. The van der Waals surface area contributed by atoms with Crippen molar-refractivity contribution in [2.24, 2.45) is 0 Å². The van der Waals surface area contributed by atoms with Gasteiger partial charge in [-0.3, -0.25) is 4.79 Å². The molecule has 1 heterocycles. The Balaban J connectivity index is 1.90. The highest BCUT2D eigenvalue weighted by Crippen LogP contribution is 2.27. The molecule has 1 amide bonds. The number of nitrogens with zero attached hydrogens (tertiary/aromatic N) is 1. The molecule has 0 saturated carbocycles. The molecular formula is C20H22F2N2O3S. The van der Waals surface area contributed by atoms with Gasteiger partial charge in [-0.25, -0.2) is 17.2 Å². The summed E-state index contributed by atoms with van der Waals surface area (Å²) in [5.74, 6) is -2.03. The molecule has 0 spiro atoms. The smallest absolute Gasteiger partial charge is 0.255 e. The number of nitrogens with one attached hydrogen (secondary N) is 1. The normalized spacial score (nSPS) is 18.1. The van der Waals surface area contributed by atoms with E-state index in [1.807, 2.05) is 0 Å². The van der Waals surface area contributed by atoms with Gasteiger partial charge in [-0.15, -0.1) is 0 Å². The van der Waals surface area contributed by atoms with E-state index in [-0.39, 0.29) is 17.3 Å². The summed E-state index contributed by atoms with van der Waals surface area (Å²) in [6, 6.07) is 7.19. The molecule has 1 N–H and O–H groups in total. The fourth-order valence-electron chi connectivity index (χ4n) is 3.27. The monoisotopic (exact) mass is 408 g/mol. The van der Waals surface area contributed by atoms with Crippen molar-refractivity contribution in [2.45, 2.75) is 44.0 Å². The minimum absolute atomic E-state index is 0.0226. The predicted octanol–water partition coefficient (Wildman–Crippen LogP) is 4.09. The second kappa shape index (κ2) is 7.97. The number of benzene rings is 2. The van der Waals surface area contributed by atoms with Crippen LogP contribution in [0.25, 0.3) is 0 Å². The molecule has 2 aromatic carbocycles. The van der Waals surface area contributed by atoms with Crippen LogP contribution in [0.4, 0.5) is 14.5 Å². The molecule has 1 fully saturated rings. The lowest BCUT2D eigenvalue weighted by Gasteiger charge is -2.32. The Morgan fingerprint density at radius 3 is 2.54 bits per heavy atom. The van der Waals surface area contributed by atoms with Gasteiger partial charge in [0, 0.05) is 23.8 Å². The topological polar surface area (TPSA) is 66.5 Å². The van der Waals surface area contributed by atoms with Gasteiger partial charge in [0.25, 0.3) is 5.91 Å². The van der Waals surface area contributed by atoms with Crippen molar-refractivity contribution in [1.29, 1.82) is 0 Å². The van der Waals surface area contributed by atoms with E-state index in [1.165, 1.54) is 28.6 Å². The Hall–Kier alpha value is -2.32. The third-order valence-electron chi connectivity index (χ3n) is 4.95. The number of carbonyl (C=O) groups is 1. The molecule has 5 nitrogen and oxygen atoms in total. The van der Waals surface area contributed by atoms with Gasteiger partial charge < -0.3 is 5.32 Å². The molecule has 2 aromatic rings. The Morgan fingerprint density at radius 1 is 1.11 bits per heavy atom. The Morgan fingerprint density at radius 2 is 1.86 bits per heavy atom. The SMILES string of the molecule is Cc1ccc(NC(=O)c2ccc(F)c(S(=O)(=O)N3CCCCC3C)c2)cc1F. The number of carbonyl (C=O) groups excluding carboxylic acids is 1. The fourth-order valence-corrected chi connectivity index (χ4v) is 5.06. The number of hydrogen-bond acceptors (Lipinski definition) is 3. The van der Waals surface area contributed by atoms with E-state index in [1.54, 1.807) is 13.8 Å². The van der Waals surface area contributed by atoms with Gasteiger partial charge in [0.05, 0.1) is 0 Å². The summed E-state index contributed by atoms with van der Waals surface area (Å²) in [5.41, 5.74) is 0.640. The third-order valence-corrected chi connectivity index (χ3v) is 6.98.